The summed E-state index contributed by atoms with van der Waals surface area (Å²) in [5.41, 5.74) is 2.05. The van der Waals surface area contributed by atoms with E-state index >= 15 is 0 Å². The molecule has 1 N–H and O–H groups in total. The van der Waals surface area contributed by atoms with Gasteiger partial charge >= 0.3 is 0 Å². The molecule has 1 heterocycles. The van der Waals surface area contributed by atoms with Crippen LogP contribution in [0.15, 0.2) is 39.7 Å². The van der Waals surface area contributed by atoms with Gasteiger partial charge in [-0.3, -0.25) is 4.79 Å². The number of nitrogens with one attached hydrogen (secondary N) is 1. The molecule has 0 bridgehead atoms. The summed E-state index contributed by atoms with van der Waals surface area (Å²) in [5, 5.41) is 2.73. The third-order valence-electron chi connectivity index (χ3n) is 2.08. The van der Waals surface area contributed by atoms with Gasteiger partial charge in [0.15, 0.2) is 12.1 Å². The summed E-state index contributed by atoms with van der Waals surface area (Å²) in [6, 6.07) is 5.57. The molecule has 2 aromatic rings. The molecule has 0 aliphatic heterocycles. The van der Waals surface area contributed by atoms with Crippen LogP contribution in [0.2, 0.25) is 0 Å². The largest absolute Gasteiger partial charge is 0.451 e. The summed E-state index contributed by atoms with van der Waals surface area (Å²) < 4.78 is 5.74. The fraction of sp³-hybridized carbons (Fsp3) is 0.0909. The first kappa shape index (κ1) is 10.9. The van der Waals surface area contributed by atoms with Crippen LogP contribution < -0.4 is 5.32 Å². The molecule has 0 fully saturated rings. The van der Waals surface area contributed by atoms with Gasteiger partial charge in [0.05, 0.1) is 0 Å². The van der Waals surface area contributed by atoms with Crippen molar-refractivity contribution in [2.24, 2.45) is 0 Å². The molecule has 0 aliphatic carbocycles. The van der Waals surface area contributed by atoms with E-state index in [-0.39, 0.29) is 11.6 Å². The van der Waals surface area contributed by atoms with E-state index in [9.17, 15) is 4.79 Å². The van der Waals surface area contributed by atoms with E-state index in [1.54, 1.807) is 0 Å². The van der Waals surface area contributed by atoms with E-state index in [0.717, 1.165) is 15.7 Å². The monoisotopic (exact) mass is 280 g/mol. The lowest BCUT2D eigenvalue weighted by atomic mass is 10.2. The Bertz CT molecular complexity index is 509. The van der Waals surface area contributed by atoms with Gasteiger partial charge in [-0.05, 0) is 30.7 Å². The van der Waals surface area contributed by atoms with Crippen LogP contribution in [0.5, 0.6) is 0 Å². The molecule has 1 amide bonds. The first-order valence-corrected chi connectivity index (χ1v) is 5.42. The molecule has 0 saturated carbocycles. The Morgan fingerprint density at radius 1 is 1.50 bits per heavy atom. The number of oxazole rings is 1. The molecule has 82 valence electrons. The number of carbonyl (C=O) groups is 1. The van der Waals surface area contributed by atoms with Crippen molar-refractivity contribution in [1.82, 2.24) is 4.98 Å². The minimum atomic E-state index is -0.282. The van der Waals surface area contributed by atoms with Crippen molar-refractivity contribution in [2.45, 2.75) is 6.92 Å². The van der Waals surface area contributed by atoms with Gasteiger partial charge in [0.1, 0.15) is 6.26 Å². The molecule has 0 saturated heterocycles. The second kappa shape index (κ2) is 4.49. The summed E-state index contributed by atoms with van der Waals surface area (Å²) >= 11 is 3.39. The number of hydrogen-bond donors (Lipinski definition) is 1. The van der Waals surface area contributed by atoms with Gasteiger partial charge in [-0.2, -0.15) is 0 Å². The van der Waals surface area contributed by atoms with E-state index in [2.05, 4.69) is 26.2 Å². The highest BCUT2D eigenvalue weighted by Crippen LogP contribution is 2.20. The molecular weight excluding hydrogens is 272 g/mol. The van der Waals surface area contributed by atoms with Gasteiger partial charge in [-0.25, -0.2) is 4.98 Å². The van der Waals surface area contributed by atoms with Crippen molar-refractivity contribution in [3.63, 3.8) is 0 Å². The summed E-state index contributed by atoms with van der Waals surface area (Å²) in [4.78, 5) is 15.4. The van der Waals surface area contributed by atoms with Crippen molar-refractivity contribution in [3.8, 4) is 0 Å². The van der Waals surface area contributed by atoms with E-state index < -0.39 is 0 Å². The maximum atomic E-state index is 11.6. The molecule has 5 heteroatoms. The number of aromatic nitrogens is 1. The molecule has 4 nitrogen and oxygen atoms in total. The zero-order valence-corrected chi connectivity index (χ0v) is 10.1. The SMILES string of the molecule is Cc1cc(NC(=O)c2cocn2)ccc1Br. The Hall–Kier alpha value is -1.62. The zero-order valence-electron chi connectivity index (χ0n) is 8.53. The molecule has 2 rings (SSSR count). The van der Waals surface area contributed by atoms with Crippen molar-refractivity contribution >= 4 is 27.5 Å². The van der Waals surface area contributed by atoms with Crippen LogP contribution >= 0.6 is 15.9 Å². The van der Waals surface area contributed by atoms with Crippen LogP contribution in [-0.2, 0) is 0 Å². The molecule has 1 aromatic heterocycles. The van der Waals surface area contributed by atoms with Crippen molar-refractivity contribution in [3.05, 3.63) is 46.6 Å². The average molecular weight is 281 g/mol. The van der Waals surface area contributed by atoms with Crippen LogP contribution in [0.3, 0.4) is 0 Å². The number of anilines is 1. The topological polar surface area (TPSA) is 55.1 Å². The number of carbonyl (C=O) groups excluding carboxylic acids is 1. The predicted molar refractivity (Wildman–Crippen MR) is 63.3 cm³/mol. The highest BCUT2D eigenvalue weighted by molar-refractivity contribution is 9.10. The molecule has 0 unspecified atom stereocenters. The van der Waals surface area contributed by atoms with Crippen LogP contribution in [0.1, 0.15) is 16.1 Å². The molecule has 1 aromatic carbocycles. The Labute approximate surface area is 101 Å². The lowest BCUT2D eigenvalue weighted by molar-refractivity contribution is 0.102. The molecule has 0 radical (unpaired) electrons. The Kier molecular flexibility index (Phi) is 3.05. The summed E-state index contributed by atoms with van der Waals surface area (Å²) in [7, 11) is 0. The fourth-order valence-electron chi connectivity index (χ4n) is 1.24. The maximum Gasteiger partial charge on any atom is 0.277 e. The van der Waals surface area contributed by atoms with Gasteiger partial charge in [-0.1, -0.05) is 15.9 Å². The molecule has 16 heavy (non-hydrogen) atoms. The van der Waals surface area contributed by atoms with E-state index in [1.807, 2.05) is 25.1 Å². The fourth-order valence-corrected chi connectivity index (χ4v) is 1.49. The normalized spacial score (nSPS) is 10.1. The van der Waals surface area contributed by atoms with Gasteiger partial charge in [0, 0.05) is 10.2 Å². The van der Waals surface area contributed by atoms with E-state index in [4.69, 9.17) is 4.42 Å². The van der Waals surface area contributed by atoms with Crippen molar-refractivity contribution in [1.29, 1.82) is 0 Å². The second-order valence-electron chi connectivity index (χ2n) is 3.29. The lowest BCUT2D eigenvalue weighted by Crippen LogP contribution is -2.12. The maximum absolute atomic E-state index is 11.6. The molecule has 0 atom stereocenters. The number of nitrogens with zero attached hydrogens (tertiary/aromatic N) is 1. The average Bonchev–Trinajstić information content (AvgIpc) is 2.77. The second-order valence-corrected chi connectivity index (χ2v) is 4.15. The minimum Gasteiger partial charge on any atom is -0.451 e. The van der Waals surface area contributed by atoms with Gasteiger partial charge < -0.3 is 9.73 Å². The van der Waals surface area contributed by atoms with E-state index in [0.29, 0.717) is 0 Å². The predicted octanol–water partition coefficient (Wildman–Crippen LogP) is 3.00. The van der Waals surface area contributed by atoms with Crippen molar-refractivity contribution < 1.29 is 9.21 Å². The number of hydrogen-bond acceptors (Lipinski definition) is 3. The van der Waals surface area contributed by atoms with Gasteiger partial charge in [-0.15, -0.1) is 0 Å². The highest BCUT2D eigenvalue weighted by atomic mass is 79.9. The quantitative estimate of drug-likeness (QED) is 0.920. The standard InChI is InChI=1S/C11H9BrN2O2/c1-7-4-8(2-3-9(7)12)14-11(15)10-5-16-6-13-10/h2-6H,1H3,(H,14,15). The first-order valence-electron chi connectivity index (χ1n) is 4.62. The zero-order chi connectivity index (χ0) is 11.5. The molecule has 0 aliphatic rings. The van der Waals surface area contributed by atoms with Gasteiger partial charge in [0.25, 0.3) is 5.91 Å². The number of benzene rings is 1. The molecule has 0 spiro atoms. The van der Waals surface area contributed by atoms with Crippen LogP contribution in [-0.4, -0.2) is 10.9 Å². The molecular formula is C11H9BrN2O2. The number of rotatable bonds is 2. The Morgan fingerprint density at radius 2 is 2.31 bits per heavy atom. The first-order chi connectivity index (χ1) is 7.66. The summed E-state index contributed by atoms with van der Waals surface area (Å²) in [6.45, 7) is 1.95. The smallest absolute Gasteiger partial charge is 0.277 e. The third-order valence-corrected chi connectivity index (χ3v) is 2.97. The van der Waals surface area contributed by atoms with Crippen molar-refractivity contribution in [2.75, 3.05) is 5.32 Å². The summed E-state index contributed by atoms with van der Waals surface area (Å²) in [5.74, 6) is -0.282. The van der Waals surface area contributed by atoms with Crippen LogP contribution in [0.25, 0.3) is 0 Å². The van der Waals surface area contributed by atoms with Crippen LogP contribution in [0, 0.1) is 6.92 Å². The third kappa shape index (κ3) is 2.30. The summed E-state index contributed by atoms with van der Waals surface area (Å²) in [6.07, 6.45) is 2.53. The minimum absolute atomic E-state index is 0.264. The lowest BCUT2D eigenvalue weighted by Gasteiger charge is -2.05. The van der Waals surface area contributed by atoms with Crippen LogP contribution in [0.4, 0.5) is 5.69 Å². The van der Waals surface area contributed by atoms with Gasteiger partial charge in [0.2, 0.25) is 0 Å². The number of halogens is 1. The number of aryl methyl sites for hydroxylation is 1. The number of amides is 1. The van der Waals surface area contributed by atoms with E-state index in [1.165, 1.54) is 12.7 Å². The Morgan fingerprint density at radius 3 is 2.94 bits per heavy atom. The highest BCUT2D eigenvalue weighted by Gasteiger charge is 2.09. The Balaban J connectivity index is 2.15.